The van der Waals surface area contributed by atoms with Crippen molar-refractivity contribution < 1.29 is 8.42 Å². The predicted molar refractivity (Wildman–Crippen MR) is 117 cm³/mol. The van der Waals surface area contributed by atoms with Crippen molar-refractivity contribution in [2.24, 2.45) is 0 Å². The molecule has 0 saturated carbocycles. The minimum atomic E-state index is -3.54. The maximum Gasteiger partial charge on any atom is 0.281 e. The van der Waals surface area contributed by atoms with Crippen molar-refractivity contribution in [1.29, 1.82) is 0 Å². The van der Waals surface area contributed by atoms with Crippen molar-refractivity contribution in [3.8, 4) is 11.4 Å². The molecular formula is C22H22N4O3S. The van der Waals surface area contributed by atoms with Gasteiger partial charge in [0.2, 0.25) is 10.0 Å². The van der Waals surface area contributed by atoms with Crippen LogP contribution in [0.15, 0.2) is 70.5 Å². The van der Waals surface area contributed by atoms with Crippen LogP contribution in [-0.4, -0.2) is 41.2 Å². The molecule has 0 fully saturated rings. The third-order valence-corrected chi connectivity index (χ3v) is 7.10. The maximum absolute atomic E-state index is 13.3. The maximum atomic E-state index is 13.3. The second-order valence-corrected chi connectivity index (χ2v) is 9.43. The van der Waals surface area contributed by atoms with Crippen LogP contribution in [0.5, 0.6) is 0 Å². The lowest BCUT2D eigenvalue weighted by Crippen LogP contribution is -2.23. The zero-order valence-electron chi connectivity index (χ0n) is 17.2. The monoisotopic (exact) mass is 422 g/mol. The van der Waals surface area contributed by atoms with Crippen molar-refractivity contribution in [1.82, 2.24) is 18.7 Å². The highest BCUT2D eigenvalue weighted by molar-refractivity contribution is 7.89. The Morgan fingerprint density at radius 1 is 0.867 bits per heavy atom. The number of hydrogen-bond donors (Lipinski definition) is 0. The van der Waals surface area contributed by atoms with Crippen LogP contribution < -0.4 is 5.56 Å². The molecule has 4 aromatic rings. The largest absolute Gasteiger partial charge is 0.317 e. The first-order valence-electron chi connectivity index (χ1n) is 9.42. The smallest absolute Gasteiger partial charge is 0.281 e. The van der Waals surface area contributed by atoms with Gasteiger partial charge in [0.1, 0.15) is 0 Å². The molecule has 154 valence electrons. The molecule has 0 atom stereocenters. The molecule has 0 radical (unpaired) electrons. The molecule has 0 unspecified atom stereocenters. The number of nitrogens with zero attached hydrogens (tertiary/aromatic N) is 4. The van der Waals surface area contributed by atoms with Gasteiger partial charge in [-0.3, -0.25) is 4.79 Å². The van der Waals surface area contributed by atoms with Crippen LogP contribution in [-0.2, 0) is 10.0 Å². The van der Waals surface area contributed by atoms with Gasteiger partial charge in [0.05, 0.1) is 22.2 Å². The number of para-hydroxylation sites is 1. The summed E-state index contributed by atoms with van der Waals surface area (Å²) in [6.45, 7) is 3.88. The Kier molecular flexibility index (Phi) is 4.83. The van der Waals surface area contributed by atoms with E-state index in [2.05, 4.69) is 5.10 Å². The highest BCUT2D eigenvalue weighted by atomic mass is 32.2. The molecule has 8 heteroatoms. The molecule has 4 rings (SSSR count). The van der Waals surface area contributed by atoms with Crippen LogP contribution >= 0.6 is 0 Å². The van der Waals surface area contributed by atoms with Crippen molar-refractivity contribution in [3.63, 3.8) is 0 Å². The van der Waals surface area contributed by atoms with Crippen LogP contribution in [0.25, 0.3) is 22.1 Å². The van der Waals surface area contributed by atoms with Crippen LogP contribution in [0.1, 0.15) is 11.4 Å². The predicted octanol–water partition coefficient (Wildman–Crippen LogP) is 3.04. The topological polar surface area (TPSA) is 77.2 Å². The fourth-order valence-corrected chi connectivity index (χ4v) is 4.58. The number of fused-ring (bicyclic) bond motifs is 1. The lowest BCUT2D eigenvalue weighted by Gasteiger charge is -2.12. The van der Waals surface area contributed by atoms with Crippen molar-refractivity contribution >= 4 is 20.8 Å². The number of sulfonamides is 1. The van der Waals surface area contributed by atoms with Gasteiger partial charge in [0.25, 0.3) is 5.56 Å². The van der Waals surface area contributed by atoms with E-state index >= 15 is 0 Å². The van der Waals surface area contributed by atoms with Gasteiger partial charge in [-0.2, -0.15) is 9.78 Å². The van der Waals surface area contributed by atoms with E-state index in [1.165, 1.54) is 30.9 Å². The number of hydrogen-bond acceptors (Lipinski definition) is 4. The summed E-state index contributed by atoms with van der Waals surface area (Å²) in [6.07, 6.45) is 1.68. The Bertz CT molecular complexity index is 1400. The molecule has 2 heterocycles. The molecule has 7 nitrogen and oxygen atoms in total. The van der Waals surface area contributed by atoms with E-state index in [1.807, 2.05) is 48.7 Å². The molecule has 0 amide bonds. The molecule has 0 spiro atoms. The summed E-state index contributed by atoms with van der Waals surface area (Å²) in [6, 6.07) is 16.0. The van der Waals surface area contributed by atoms with Crippen LogP contribution in [0.2, 0.25) is 0 Å². The van der Waals surface area contributed by atoms with Gasteiger partial charge in [-0.25, -0.2) is 12.7 Å². The molecular weight excluding hydrogens is 400 g/mol. The summed E-state index contributed by atoms with van der Waals surface area (Å²) in [5, 5.41) is 5.73. The number of aromatic nitrogens is 3. The standard InChI is InChI=1S/C22H22N4O3S/c1-15-20-14-23-26(18-10-12-19(13-11-18)30(28,29)24(3)4)22(27)21(20)16(2)25(15)17-8-6-5-7-9-17/h5-14H,1-4H3. The summed E-state index contributed by atoms with van der Waals surface area (Å²) in [5.74, 6) is 0. The van der Waals surface area contributed by atoms with E-state index in [4.69, 9.17) is 0 Å². The number of aryl methyl sites for hydroxylation is 2. The van der Waals surface area contributed by atoms with Crippen molar-refractivity contribution in [2.45, 2.75) is 18.7 Å². The molecule has 0 aliphatic heterocycles. The van der Waals surface area contributed by atoms with Gasteiger partial charge in [0, 0.05) is 36.6 Å². The third kappa shape index (κ3) is 3.05. The van der Waals surface area contributed by atoms with Crippen LogP contribution in [0.4, 0.5) is 0 Å². The van der Waals surface area contributed by atoms with Gasteiger partial charge >= 0.3 is 0 Å². The highest BCUT2D eigenvalue weighted by Crippen LogP contribution is 2.26. The third-order valence-electron chi connectivity index (χ3n) is 5.27. The molecule has 0 saturated heterocycles. The summed E-state index contributed by atoms with van der Waals surface area (Å²) < 4.78 is 29.1. The molecule has 2 aromatic heterocycles. The SMILES string of the molecule is Cc1c2cnn(-c3ccc(S(=O)(=O)N(C)C)cc3)c(=O)c2c(C)n1-c1ccccc1. The van der Waals surface area contributed by atoms with Gasteiger partial charge in [-0.05, 0) is 50.2 Å². The Hall–Kier alpha value is -3.23. The summed E-state index contributed by atoms with van der Waals surface area (Å²) >= 11 is 0. The molecule has 0 bridgehead atoms. The minimum Gasteiger partial charge on any atom is -0.317 e. The number of rotatable bonds is 4. The fourth-order valence-electron chi connectivity index (χ4n) is 3.68. The second-order valence-electron chi connectivity index (χ2n) is 7.27. The van der Waals surface area contributed by atoms with Crippen LogP contribution in [0.3, 0.4) is 0 Å². The average molecular weight is 423 g/mol. The molecule has 0 N–H and O–H groups in total. The quantitative estimate of drug-likeness (QED) is 0.507. The lowest BCUT2D eigenvalue weighted by molar-refractivity contribution is 0.520. The summed E-state index contributed by atoms with van der Waals surface area (Å²) in [5.41, 5.74) is 3.02. The van der Waals surface area contributed by atoms with Crippen molar-refractivity contribution in [2.75, 3.05) is 14.1 Å². The molecule has 0 aliphatic rings. The first-order chi connectivity index (χ1) is 14.2. The van der Waals surface area contributed by atoms with Gasteiger partial charge < -0.3 is 4.57 Å². The Morgan fingerprint density at radius 2 is 1.50 bits per heavy atom. The minimum absolute atomic E-state index is 0.160. The van der Waals surface area contributed by atoms with E-state index in [-0.39, 0.29) is 10.5 Å². The summed E-state index contributed by atoms with van der Waals surface area (Å²) in [7, 11) is -0.582. The number of benzene rings is 2. The molecule has 0 aliphatic carbocycles. The van der Waals surface area contributed by atoms with Gasteiger partial charge in [-0.1, -0.05) is 18.2 Å². The van der Waals surface area contributed by atoms with E-state index in [0.717, 1.165) is 26.8 Å². The zero-order chi connectivity index (χ0) is 21.6. The van der Waals surface area contributed by atoms with Gasteiger partial charge in [-0.15, -0.1) is 0 Å². The fraction of sp³-hybridized carbons (Fsp3) is 0.182. The first kappa shape index (κ1) is 20.1. The van der Waals surface area contributed by atoms with E-state index in [0.29, 0.717) is 11.1 Å². The average Bonchev–Trinajstić information content (AvgIpc) is 2.99. The first-order valence-corrected chi connectivity index (χ1v) is 10.9. The van der Waals surface area contributed by atoms with Gasteiger partial charge in [0.15, 0.2) is 0 Å². The second kappa shape index (κ2) is 7.23. The molecule has 2 aromatic carbocycles. The Morgan fingerprint density at radius 3 is 2.10 bits per heavy atom. The Labute approximate surface area is 174 Å². The lowest BCUT2D eigenvalue weighted by atomic mass is 10.2. The highest BCUT2D eigenvalue weighted by Gasteiger charge is 2.19. The van der Waals surface area contributed by atoms with E-state index in [1.54, 1.807) is 18.3 Å². The van der Waals surface area contributed by atoms with E-state index < -0.39 is 10.0 Å². The van der Waals surface area contributed by atoms with Crippen molar-refractivity contribution in [3.05, 3.63) is 82.5 Å². The normalized spacial score (nSPS) is 12.0. The summed E-state index contributed by atoms with van der Waals surface area (Å²) in [4.78, 5) is 13.5. The van der Waals surface area contributed by atoms with Crippen LogP contribution in [0, 0.1) is 13.8 Å². The molecule has 30 heavy (non-hydrogen) atoms. The van der Waals surface area contributed by atoms with E-state index in [9.17, 15) is 13.2 Å². The zero-order valence-corrected chi connectivity index (χ0v) is 18.0. The Balaban J connectivity index is 1.88.